The number of benzene rings is 2. The molecule has 0 spiro atoms. The monoisotopic (exact) mass is 357 g/mol. The first-order valence-electron chi connectivity index (χ1n) is 8.49. The number of amides is 1. The second kappa shape index (κ2) is 6.31. The molecular formula is C21H21F2NO2. The average Bonchev–Trinajstić information content (AvgIpc) is 2.89. The van der Waals surface area contributed by atoms with Gasteiger partial charge in [-0.3, -0.25) is 9.59 Å². The summed E-state index contributed by atoms with van der Waals surface area (Å²) in [6.45, 7) is 6.17. The number of Topliss-reactive ketones (excluding diaryl/α,β-unsaturated/α-hetero) is 1. The molecule has 0 aliphatic heterocycles. The van der Waals surface area contributed by atoms with Crippen LogP contribution in [0.15, 0.2) is 48.5 Å². The Bertz CT molecular complexity index is 853. The summed E-state index contributed by atoms with van der Waals surface area (Å²) >= 11 is 0. The van der Waals surface area contributed by atoms with E-state index in [9.17, 15) is 18.4 Å². The third-order valence-corrected chi connectivity index (χ3v) is 4.92. The lowest BCUT2D eigenvalue weighted by atomic mass is 9.82. The number of nitrogens with one attached hydrogen (secondary N) is 1. The maximum Gasteiger partial charge on any atom is 0.260 e. The van der Waals surface area contributed by atoms with E-state index in [1.165, 1.54) is 6.07 Å². The van der Waals surface area contributed by atoms with Gasteiger partial charge in [0.15, 0.2) is 11.2 Å². The van der Waals surface area contributed by atoms with E-state index in [0.29, 0.717) is 11.3 Å². The van der Waals surface area contributed by atoms with Crippen molar-refractivity contribution in [2.45, 2.75) is 39.0 Å². The Hall–Kier alpha value is -2.56. The van der Waals surface area contributed by atoms with Gasteiger partial charge >= 0.3 is 0 Å². The second-order valence-corrected chi connectivity index (χ2v) is 7.72. The highest BCUT2D eigenvalue weighted by Gasteiger charge is 2.58. The lowest BCUT2D eigenvalue weighted by molar-refractivity contribution is -0.130. The Morgan fingerprint density at radius 2 is 1.69 bits per heavy atom. The molecule has 0 fully saturated rings. The quantitative estimate of drug-likeness (QED) is 0.815. The van der Waals surface area contributed by atoms with Gasteiger partial charge < -0.3 is 5.32 Å². The highest BCUT2D eigenvalue weighted by molar-refractivity contribution is 6.20. The molecule has 0 bridgehead atoms. The number of hydrogen-bond donors (Lipinski definition) is 1. The molecule has 136 valence electrons. The van der Waals surface area contributed by atoms with Crippen LogP contribution in [0.5, 0.6) is 0 Å². The molecule has 3 rings (SSSR count). The predicted molar refractivity (Wildman–Crippen MR) is 96.7 cm³/mol. The van der Waals surface area contributed by atoms with Gasteiger partial charge in [-0.1, -0.05) is 57.2 Å². The molecule has 0 saturated heterocycles. The number of fused-ring (bicyclic) bond motifs is 1. The van der Waals surface area contributed by atoms with E-state index in [1.807, 2.05) is 12.1 Å². The van der Waals surface area contributed by atoms with Crippen LogP contribution in [-0.4, -0.2) is 18.1 Å². The summed E-state index contributed by atoms with van der Waals surface area (Å²) in [6.07, 6.45) is -3.37. The van der Waals surface area contributed by atoms with Crippen LogP contribution in [0.1, 0.15) is 42.3 Å². The van der Waals surface area contributed by atoms with Gasteiger partial charge in [0.25, 0.3) is 6.43 Å². The fourth-order valence-electron chi connectivity index (χ4n) is 3.27. The Kier molecular flexibility index (Phi) is 4.42. The van der Waals surface area contributed by atoms with Gasteiger partial charge in [-0.05, 0) is 28.7 Å². The smallest absolute Gasteiger partial charge is 0.260 e. The van der Waals surface area contributed by atoms with Gasteiger partial charge in [0, 0.05) is 17.7 Å². The lowest BCUT2D eigenvalue weighted by Crippen LogP contribution is -2.47. The molecular weight excluding hydrogens is 336 g/mol. The van der Waals surface area contributed by atoms with Gasteiger partial charge in [0.05, 0.1) is 0 Å². The molecule has 1 amide bonds. The Labute approximate surface area is 151 Å². The maximum absolute atomic E-state index is 13.9. The first-order chi connectivity index (χ1) is 12.2. The molecule has 0 heterocycles. The molecule has 1 N–H and O–H groups in total. The molecule has 2 aromatic carbocycles. The molecule has 2 aromatic rings. The zero-order chi connectivity index (χ0) is 19.1. The fourth-order valence-corrected chi connectivity index (χ4v) is 3.27. The molecule has 1 unspecified atom stereocenters. The van der Waals surface area contributed by atoms with Gasteiger partial charge in [0.2, 0.25) is 5.91 Å². The van der Waals surface area contributed by atoms with Crippen LogP contribution >= 0.6 is 0 Å². The van der Waals surface area contributed by atoms with Crippen molar-refractivity contribution in [1.82, 2.24) is 0 Å². The summed E-state index contributed by atoms with van der Waals surface area (Å²) in [5.41, 5.74) is -0.292. The molecule has 26 heavy (non-hydrogen) atoms. The van der Waals surface area contributed by atoms with Crippen LogP contribution in [0, 0.1) is 5.41 Å². The zero-order valence-electron chi connectivity index (χ0n) is 15.0. The normalized spacial score (nSPS) is 19.5. The number of ketones is 1. The van der Waals surface area contributed by atoms with Crippen molar-refractivity contribution in [2.75, 3.05) is 5.32 Å². The molecule has 1 aliphatic carbocycles. The topological polar surface area (TPSA) is 46.2 Å². The number of rotatable bonds is 3. The van der Waals surface area contributed by atoms with Crippen LogP contribution in [0.2, 0.25) is 0 Å². The Morgan fingerprint density at radius 3 is 2.23 bits per heavy atom. The molecule has 1 aliphatic rings. The molecule has 0 saturated carbocycles. The van der Waals surface area contributed by atoms with Crippen molar-refractivity contribution < 1.29 is 18.4 Å². The summed E-state index contributed by atoms with van der Waals surface area (Å²) in [7, 11) is 0. The number of anilines is 1. The van der Waals surface area contributed by atoms with Crippen LogP contribution in [0.3, 0.4) is 0 Å². The number of hydrogen-bond acceptors (Lipinski definition) is 2. The van der Waals surface area contributed by atoms with Crippen LogP contribution in [0.4, 0.5) is 14.5 Å². The first-order valence-corrected chi connectivity index (χ1v) is 8.49. The molecule has 0 aromatic heterocycles. The van der Waals surface area contributed by atoms with Crippen LogP contribution in [0.25, 0.3) is 0 Å². The van der Waals surface area contributed by atoms with Crippen molar-refractivity contribution in [2.24, 2.45) is 5.41 Å². The van der Waals surface area contributed by atoms with E-state index in [2.05, 4.69) is 26.1 Å². The van der Waals surface area contributed by atoms with Crippen molar-refractivity contribution in [1.29, 1.82) is 0 Å². The second-order valence-electron chi connectivity index (χ2n) is 7.72. The SMILES string of the molecule is CC(C)(C)c1ccc(NC(=O)C2(C(F)F)Cc3ccccc3C2=O)cc1. The minimum absolute atomic E-state index is 0.0597. The summed E-state index contributed by atoms with van der Waals surface area (Å²) in [5, 5.41) is 2.51. The van der Waals surface area contributed by atoms with Crippen LogP contribution < -0.4 is 5.32 Å². The maximum atomic E-state index is 13.9. The van der Waals surface area contributed by atoms with Gasteiger partial charge in [-0.2, -0.15) is 0 Å². The van der Waals surface area contributed by atoms with Crippen molar-refractivity contribution in [3.63, 3.8) is 0 Å². The Morgan fingerprint density at radius 1 is 1.08 bits per heavy atom. The highest BCUT2D eigenvalue weighted by atomic mass is 19.3. The number of carbonyl (C=O) groups is 2. The third-order valence-electron chi connectivity index (χ3n) is 4.92. The van der Waals surface area contributed by atoms with Crippen LogP contribution in [-0.2, 0) is 16.6 Å². The minimum Gasteiger partial charge on any atom is -0.325 e. The lowest BCUT2D eigenvalue weighted by Gasteiger charge is -2.25. The molecule has 3 nitrogen and oxygen atoms in total. The summed E-state index contributed by atoms with van der Waals surface area (Å²) < 4.78 is 27.8. The van der Waals surface area contributed by atoms with Crippen molar-refractivity contribution in [3.05, 3.63) is 65.2 Å². The first kappa shape index (κ1) is 18.2. The molecule has 0 radical (unpaired) electrons. The van der Waals surface area contributed by atoms with Gasteiger partial charge in [-0.25, -0.2) is 8.78 Å². The minimum atomic E-state index is -3.09. The zero-order valence-corrected chi connectivity index (χ0v) is 15.0. The summed E-state index contributed by atoms with van der Waals surface area (Å²) in [4.78, 5) is 25.4. The number of halogens is 2. The number of carbonyl (C=O) groups excluding carboxylic acids is 2. The molecule has 1 atom stereocenters. The number of alkyl halides is 2. The van der Waals surface area contributed by atoms with E-state index in [4.69, 9.17) is 0 Å². The largest absolute Gasteiger partial charge is 0.325 e. The van der Waals surface area contributed by atoms with E-state index >= 15 is 0 Å². The van der Waals surface area contributed by atoms with E-state index < -0.39 is 23.5 Å². The third kappa shape index (κ3) is 2.91. The average molecular weight is 357 g/mol. The van der Waals surface area contributed by atoms with Crippen molar-refractivity contribution >= 4 is 17.4 Å². The van der Waals surface area contributed by atoms with E-state index in [0.717, 1.165) is 5.56 Å². The van der Waals surface area contributed by atoms with E-state index in [1.54, 1.807) is 30.3 Å². The highest BCUT2D eigenvalue weighted by Crippen LogP contribution is 2.42. The summed E-state index contributed by atoms with van der Waals surface area (Å²) in [6, 6.07) is 13.4. The standard InChI is InChI=1S/C21H21F2NO2/c1-20(2,3)14-8-10-15(11-9-14)24-19(26)21(18(22)23)12-13-6-4-5-7-16(13)17(21)25/h4-11,18H,12H2,1-3H3,(H,24,26). The fraction of sp³-hybridized carbons (Fsp3) is 0.333. The Balaban J connectivity index is 1.89. The van der Waals surface area contributed by atoms with E-state index in [-0.39, 0.29) is 17.4 Å². The van der Waals surface area contributed by atoms with Crippen molar-refractivity contribution in [3.8, 4) is 0 Å². The van der Waals surface area contributed by atoms with Gasteiger partial charge in [-0.15, -0.1) is 0 Å². The van der Waals surface area contributed by atoms with Gasteiger partial charge in [0.1, 0.15) is 0 Å². The predicted octanol–water partition coefficient (Wildman–Crippen LogP) is 4.61. The molecule has 5 heteroatoms. The summed E-state index contributed by atoms with van der Waals surface area (Å²) in [5.74, 6) is -1.77.